The minimum atomic E-state index is -0.255. The third-order valence-corrected chi connectivity index (χ3v) is 4.18. The van der Waals surface area contributed by atoms with E-state index in [1.54, 1.807) is 42.5 Å². The van der Waals surface area contributed by atoms with E-state index >= 15 is 0 Å². The Labute approximate surface area is 157 Å². The second-order valence-corrected chi connectivity index (χ2v) is 6.53. The zero-order chi connectivity index (χ0) is 18.4. The van der Waals surface area contributed by atoms with Crippen molar-refractivity contribution in [1.82, 2.24) is 9.88 Å². The van der Waals surface area contributed by atoms with E-state index < -0.39 is 0 Å². The van der Waals surface area contributed by atoms with Crippen LogP contribution in [-0.4, -0.2) is 41.8 Å². The van der Waals surface area contributed by atoms with Crippen LogP contribution < -0.4 is 4.90 Å². The van der Waals surface area contributed by atoms with Crippen molar-refractivity contribution in [2.45, 2.75) is 13.3 Å². The molecule has 1 heterocycles. The molecule has 0 aliphatic carbocycles. The molecule has 0 saturated heterocycles. The van der Waals surface area contributed by atoms with Gasteiger partial charge < -0.3 is 9.80 Å². The van der Waals surface area contributed by atoms with Gasteiger partial charge in [0, 0.05) is 48.6 Å². The summed E-state index contributed by atoms with van der Waals surface area (Å²) in [4.78, 5) is 31.4. The van der Waals surface area contributed by atoms with E-state index in [0.29, 0.717) is 28.7 Å². The highest BCUT2D eigenvalue weighted by Crippen LogP contribution is 2.25. The van der Waals surface area contributed by atoms with E-state index in [9.17, 15) is 9.59 Å². The van der Waals surface area contributed by atoms with Gasteiger partial charge in [0.1, 0.15) is 6.54 Å². The van der Waals surface area contributed by atoms with Gasteiger partial charge in [-0.15, -0.1) is 0 Å². The van der Waals surface area contributed by atoms with Crippen LogP contribution in [0.2, 0.25) is 10.0 Å². The molecule has 0 atom stereocenters. The average molecular weight is 380 g/mol. The van der Waals surface area contributed by atoms with Crippen LogP contribution in [0.15, 0.2) is 42.7 Å². The van der Waals surface area contributed by atoms with E-state index in [-0.39, 0.29) is 18.4 Å². The van der Waals surface area contributed by atoms with Crippen molar-refractivity contribution in [3.05, 3.63) is 58.3 Å². The van der Waals surface area contributed by atoms with Gasteiger partial charge in [-0.25, -0.2) is 0 Å². The van der Waals surface area contributed by atoms with Gasteiger partial charge in [-0.1, -0.05) is 23.2 Å². The molecule has 0 N–H and O–H groups in total. The number of carbonyl (C=O) groups excluding carboxylic acids is 2. The first-order valence-electron chi connectivity index (χ1n) is 7.74. The normalized spacial score (nSPS) is 10.4. The Morgan fingerprint density at radius 3 is 2.24 bits per heavy atom. The Morgan fingerprint density at radius 2 is 1.68 bits per heavy atom. The molecule has 2 rings (SSSR count). The summed E-state index contributed by atoms with van der Waals surface area (Å²) < 4.78 is 0. The molecule has 0 fully saturated rings. The molecular weight excluding hydrogens is 361 g/mol. The highest BCUT2D eigenvalue weighted by Gasteiger charge is 2.19. The molecule has 25 heavy (non-hydrogen) atoms. The fraction of sp³-hybridized carbons (Fsp3) is 0.278. The Balaban J connectivity index is 2.03. The molecular formula is C18H19Cl2N3O2. The highest BCUT2D eigenvalue weighted by molar-refractivity contribution is 6.35. The number of anilines is 1. The number of halogens is 2. The first-order chi connectivity index (χ1) is 11.9. The zero-order valence-electron chi connectivity index (χ0n) is 14.1. The largest absolute Gasteiger partial charge is 0.344 e. The molecule has 0 saturated carbocycles. The predicted molar refractivity (Wildman–Crippen MR) is 100 cm³/mol. The minimum Gasteiger partial charge on any atom is -0.344 e. The second-order valence-electron chi connectivity index (χ2n) is 5.65. The Morgan fingerprint density at radius 1 is 1.08 bits per heavy atom. The number of nitrogens with zero attached hydrogens (tertiary/aromatic N) is 3. The van der Waals surface area contributed by atoms with Gasteiger partial charge in [-0.05, 0) is 42.3 Å². The van der Waals surface area contributed by atoms with Crippen molar-refractivity contribution < 1.29 is 9.59 Å². The summed E-state index contributed by atoms with van der Waals surface area (Å²) in [5.74, 6) is -0.422. The highest BCUT2D eigenvalue weighted by atomic mass is 35.5. The molecule has 0 unspecified atom stereocenters. The van der Waals surface area contributed by atoms with Crippen LogP contribution in [-0.2, 0) is 16.0 Å². The third-order valence-electron chi connectivity index (χ3n) is 3.74. The number of benzene rings is 1. The van der Waals surface area contributed by atoms with Crippen LogP contribution in [0.1, 0.15) is 12.5 Å². The Bertz CT molecular complexity index is 733. The second kappa shape index (κ2) is 8.83. The fourth-order valence-corrected chi connectivity index (χ4v) is 2.82. The minimum absolute atomic E-state index is 0.0706. The number of carbonyl (C=O) groups is 2. The molecule has 2 amide bonds. The summed E-state index contributed by atoms with van der Waals surface area (Å²) in [7, 11) is 1.72. The molecule has 0 aliphatic rings. The molecule has 2 aromatic rings. The van der Waals surface area contributed by atoms with E-state index in [1.807, 2.05) is 12.1 Å². The van der Waals surface area contributed by atoms with Crippen molar-refractivity contribution in [2.24, 2.45) is 0 Å². The predicted octanol–water partition coefficient (Wildman–Crippen LogP) is 3.44. The lowest BCUT2D eigenvalue weighted by atomic mass is 10.2. The Kier molecular flexibility index (Phi) is 6.79. The van der Waals surface area contributed by atoms with E-state index in [0.717, 1.165) is 5.56 Å². The number of likely N-dealkylation sites (N-methyl/N-ethyl adjacent to an activating group) is 1. The van der Waals surface area contributed by atoms with E-state index in [4.69, 9.17) is 23.2 Å². The lowest BCUT2D eigenvalue weighted by molar-refractivity contribution is -0.130. The van der Waals surface area contributed by atoms with Crippen molar-refractivity contribution in [3.63, 3.8) is 0 Å². The summed E-state index contributed by atoms with van der Waals surface area (Å²) in [6.07, 6.45) is 4.16. The summed E-state index contributed by atoms with van der Waals surface area (Å²) in [6.45, 7) is 1.88. The first kappa shape index (κ1) is 19.2. The standard InChI is InChI=1S/C18H19Cl2N3O2/c1-13(24)23(17-10-15(19)9-16(20)11-17)12-18(25)22(2)8-5-14-3-6-21-7-4-14/h3-4,6-7,9-11H,5,8,12H2,1-2H3. The van der Waals surface area contributed by atoms with Gasteiger partial charge in [0.05, 0.1) is 0 Å². The first-order valence-corrected chi connectivity index (χ1v) is 8.49. The van der Waals surface area contributed by atoms with Gasteiger partial charge in [0.25, 0.3) is 0 Å². The molecule has 0 bridgehead atoms. The van der Waals surface area contributed by atoms with Crippen LogP contribution in [0, 0.1) is 0 Å². The fourth-order valence-electron chi connectivity index (χ4n) is 2.31. The maximum Gasteiger partial charge on any atom is 0.242 e. The SMILES string of the molecule is CC(=O)N(CC(=O)N(C)CCc1ccncc1)c1cc(Cl)cc(Cl)c1. The van der Waals surface area contributed by atoms with Gasteiger partial charge in [-0.2, -0.15) is 0 Å². The number of hydrogen-bond donors (Lipinski definition) is 0. The number of pyridine rings is 1. The molecule has 1 aromatic heterocycles. The summed E-state index contributed by atoms with van der Waals surface area (Å²) in [6, 6.07) is 8.62. The molecule has 0 radical (unpaired) electrons. The lowest BCUT2D eigenvalue weighted by Gasteiger charge is -2.25. The van der Waals surface area contributed by atoms with Crippen LogP contribution in [0.4, 0.5) is 5.69 Å². The van der Waals surface area contributed by atoms with Crippen molar-refractivity contribution >= 4 is 40.7 Å². The molecule has 132 valence electrons. The number of hydrogen-bond acceptors (Lipinski definition) is 3. The molecule has 5 nitrogen and oxygen atoms in total. The summed E-state index contributed by atoms with van der Waals surface area (Å²) in [5.41, 5.74) is 1.60. The number of aromatic nitrogens is 1. The number of amides is 2. The van der Waals surface area contributed by atoms with E-state index in [1.165, 1.54) is 11.8 Å². The third kappa shape index (κ3) is 5.73. The van der Waals surface area contributed by atoms with Crippen LogP contribution >= 0.6 is 23.2 Å². The van der Waals surface area contributed by atoms with Crippen LogP contribution in [0.3, 0.4) is 0 Å². The van der Waals surface area contributed by atoms with Crippen molar-refractivity contribution in [2.75, 3.05) is 25.0 Å². The topological polar surface area (TPSA) is 53.5 Å². The maximum atomic E-state index is 12.5. The van der Waals surface area contributed by atoms with Gasteiger partial charge in [-0.3, -0.25) is 14.6 Å². The zero-order valence-corrected chi connectivity index (χ0v) is 15.6. The monoisotopic (exact) mass is 379 g/mol. The van der Waals surface area contributed by atoms with Gasteiger partial charge >= 0.3 is 0 Å². The van der Waals surface area contributed by atoms with Crippen molar-refractivity contribution in [1.29, 1.82) is 0 Å². The quantitative estimate of drug-likeness (QED) is 0.772. The van der Waals surface area contributed by atoms with Crippen LogP contribution in [0.5, 0.6) is 0 Å². The molecule has 1 aromatic carbocycles. The lowest BCUT2D eigenvalue weighted by Crippen LogP contribution is -2.41. The van der Waals surface area contributed by atoms with E-state index in [2.05, 4.69) is 4.98 Å². The smallest absolute Gasteiger partial charge is 0.242 e. The van der Waals surface area contributed by atoms with Gasteiger partial charge in [0.2, 0.25) is 11.8 Å². The Hall–Kier alpha value is -2.11. The number of rotatable bonds is 6. The molecule has 7 heteroatoms. The summed E-state index contributed by atoms with van der Waals surface area (Å²) in [5, 5.41) is 0.819. The maximum absolute atomic E-state index is 12.5. The van der Waals surface area contributed by atoms with Crippen LogP contribution in [0.25, 0.3) is 0 Å². The molecule has 0 aliphatic heterocycles. The van der Waals surface area contributed by atoms with Crippen molar-refractivity contribution in [3.8, 4) is 0 Å². The average Bonchev–Trinajstić information content (AvgIpc) is 2.57. The van der Waals surface area contributed by atoms with Gasteiger partial charge in [0.15, 0.2) is 0 Å². The molecule has 0 spiro atoms. The summed E-state index contributed by atoms with van der Waals surface area (Å²) >= 11 is 12.0.